The van der Waals surface area contributed by atoms with E-state index in [0.29, 0.717) is 11.5 Å². The van der Waals surface area contributed by atoms with Crippen molar-refractivity contribution in [2.45, 2.75) is 71.9 Å². The van der Waals surface area contributed by atoms with Crippen LogP contribution < -0.4 is 5.73 Å². The summed E-state index contributed by atoms with van der Waals surface area (Å²) < 4.78 is 0. The molecule has 0 amide bonds. The van der Waals surface area contributed by atoms with Gasteiger partial charge in [0.25, 0.3) is 0 Å². The van der Waals surface area contributed by atoms with Gasteiger partial charge in [-0.3, -0.25) is 4.90 Å². The molecule has 0 bridgehead atoms. The van der Waals surface area contributed by atoms with Crippen molar-refractivity contribution in [1.29, 1.82) is 0 Å². The zero-order chi connectivity index (χ0) is 13.3. The lowest BCUT2D eigenvalue weighted by molar-refractivity contribution is -0.0000509. The van der Waals surface area contributed by atoms with Gasteiger partial charge in [0.05, 0.1) is 0 Å². The van der Waals surface area contributed by atoms with E-state index in [1.165, 1.54) is 25.7 Å². The van der Waals surface area contributed by atoms with Crippen molar-refractivity contribution in [2.24, 2.45) is 17.1 Å². The Kier molecular flexibility index (Phi) is 4.65. The summed E-state index contributed by atoms with van der Waals surface area (Å²) in [5.74, 6) is 0.882. The van der Waals surface area contributed by atoms with Crippen LogP contribution in [0.1, 0.15) is 60.3 Å². The van der Waals surface area contributed by atoms with E-state index in [0.717, 1.165) is 12.5 Å². The normalized spacial score (nSPS) is 32.8. The molecule has 1 aliphatic rings. The first-order chi connectivity index (χ1) is 7.73. The first kappa shape index (κ1) is 15.0. The van der Waals surface area contributed by atoms with Crippen LogP contribution in [0.2, 0.25) is 0 Å². The summed E-state index contributed by atoms with van der Waals surface area (Å²) >= 11 is 0. The highest BCUT2D eigenvalue weighted by molar-refractivity contribution is 4.97. The molecule has 1 atom stereocenters. The molecule has 0 spiro atoms. The van der Waals surface area contributed by atoms with Crippen molar-refractivity contribution in [3.8, 4) is 0 Å². The molecule has 1 aliphatic carbocycles. The second kappa shape index (κ2) is 5.27. The second-order valence-corrected chi connectivity index (χ2v) is 7.26. The topological polar surface area (TPSA) is 29.3 Å². The number of likely N-dealkylation sites (N-methyl/N-ethyl adjacent to an activating group) is 1. The Balaban J connectivity index is 2.79. The van der Waals surface area contributed by atoms with Gasteiger partial charge in [0.15, 0.2) is 0 Å². The highest BCUT2D eigenvalue weighted by Crippen LogP contribution is 2.38. The molecular formula is C15H32N2. The van der Waals surface area contributed by atoms with Crippen molar-refractivity contribution >= 4 is 0 Å². The number of hydrogen-bond acceptors (Lipinski definition) is 2. The number of nitrogens with zero attached hydrogens (tertiary/aromatic N) is 1. The largest absolute Gasteiger partial charge is 0.329 e. The van der Waals surface area contributed by atoms with Crippen LogP contribution in [0.25, 0.3) is 0 Å². The minimum atomic E-state index is 0.249. The molecule has 2 nitrogen and oxygen atoms in total. The number of rotatable bonds is 3. The van der Waals surface area contributed by atoms with E-state index in [2.05, 4.69) is 46.6 Å². The highest BCUT2D eigenvalue weighted by Gasteiger charge is 2.40. The Morgan fingerprint density at radius 3 is 2.12 bits per heavy atom. The quantitative estimate of drug-likeness (QED) is 0.820. The standard InChI is InChI=1S/C15H32N2/c1-12-7-9-15(11-16,10-8-12)17(6)13(2)14(3,4)5/h12-13H,7-11,16H2,1-6H3. The van der Waals surface area contributed by atoms with Gasteiger partial charge in [0.2, 0.25) is 0 Å². The zero-order valence-corrected chi connectivity index (χ0v) is 12.7. The molecule has 102 valence electrons. The van der Waals surface area contributed by atoms with Crippen molar-refractivity contribution in [1.82, 2.24) is 4.90 Å². The second-order valence-electron chi connectivity index (χ2n) is 7.26. The molecule has 1 unspecified atom stereocenters. The van der Waals surface area contributed by atoms with Crippen LogP contribution in [0.4, 0.5) is 0 Å². The van der Waals surface area contributed by atoms with Crippen LogP contribution in [0, 0.1) is 11.3 Å². The third-order valence-electron chi connectivity index (χ3n) is 5.17. The van der Waals surface area contributed by atoms with Gasteiger partial charge in [-0.05, 0) is 51.0 Å². The van der Waals surface area contributed by atoms with Gasteiger partial charge >= 0.3 is 0 Å². The fourth-order valence-electron chi connectivity index (χ4n) is 2.99. The summed E-state index contributed by atoms with van der Waals surface area (Å²) in [7, 11) is 2.28. The molecule has 0 radical (unpaired) electrons. The SMILES string of the molecule is CC1CCC(CN)(N(C)C(C)C(C)(C)C)CC1. The zero-order valence-electron chi connectivity index (χ0n) is 12.7. The van der Waals surface area contributed by atoms with E-state index in [4.69, 9.17) is 5.73 Å². The lowest BCUT2D eigenvalue weighted by Gasteiger charge is -2.51. The number of nitrogens with two attached hydrogens (primary N) is 1. The van der Waals surface area contributed by atoms with Crippen LogP contribution in [-0.4, -0.2) is 30.1 Å². The maximum absolute atomic E-state index is 6.12. The smallest absolute Gasteiger partial charge is 0.0331 e. The van der Waals surface area contributed by atoms with Crippen LogP contribution >= 0.6 is 0 Å². The highest BCUT2D eigenvalue weighted by atomic mass is 15.2. The first-order valence-electron chi connectivity index (χ1n) is 7.16. The summed E-state index contributed by atoms with van der Waals surface area (Å²) in [4.78, 5) is 2.57. The molecule has 0 aliphatic heterocycles. The predicted octanol–water partition coefficient (Wildman–Crippen LogP) is 3.26. The van der Waals surface area contributed by atoms with Crippen molar-refractivity contribution in [2.75, 3.05) is 13.6 Å². The average molecular weight is 240 g/mol. The molecule has 1 saturated carbocycles. The fourth-order valence-corrected chi connectivity index (χ4v) is 2.99. The van der Waals surface area contributed by atoms with E-state index in [1.54, 1.807) is 0 Å². The van der Waals surface area contributed by atoms with Gasteiger partial charge in [-0.15, -0.1) is 0 Å². The number of hydrogen-bond donors (Lipinski definition) is 1. The maximum Gasteiger partial charge on any atom is 0.0331 e. The minimum Gasteiger partial charge on any atom is -0.329 e. The van der Waals surface area contributed by atoms with E-state index >= 15 is 0 Å². The van der Waals surface area contributed by atoms with Crippen molar-refractivity contribution < 1.29 is 0 Å². The Labute approximate surface area is 108 Å². The molecule has 0 heterocycles. The van der Waals surface area contributed by atoms with Crippen molar-refractivity contribution in [3.05, 3.63) is 0 Å². The van der Waals surface area contributed by atoms with E-state index < -0.39 is 0 Å². The van der Waals surface area contributed by atoms with Gasteiger partial charge in [-0.25, -0.2) is 0 Å². The van der Waals surface area contributed by atoms with Crippen LogP contribution in [0.5, 0.6) is 0 Å². The van der Waals surface area contributed by atoms with Gasteiger partial charge < -0.3 is 5.73 Å². The van der Waals surface area contributed by atoms with Gasteiger partial charge in [-0.1, -0.05) is 27.7 Å². The van der Waals surface area contributed by atoms with E-state index in [1.807, 2.05) is 0 Å². The Morgan fingerprint density at radius 1 is 1.29 bits per heavy atom. The molecule has 0 aromatic heterocycles. The summed E-state index contributed by atoms with van der Waals surface area (Å²) in [5, 5.41) is 0. The Bertz CT molecular complexity index is 234. The third-order valence-corrected chi connectivity index (χ3v) is 5.17. The Hall–Kier alpha value is -0.0800. The molecular weight excluding hydrogens is 208 g/mol. The third kappa shape index (κ3) is 3.23. The predicted molar refractivity (Wildman–Crippen MR) is 76.1 cm³/mol. The molecule has 1 rings (SSSR count). The first-order valence-corrected chi connectivity index (χ1v) is 7.16. The van der Waals surface area contributed by atoms with Crippen LogP contribution in [0.3, 0.4) is 0 Å². The summed E-state index contributed by atoms with van der Waals surface area (Å²) in [6, 6.07) is 0.569. The lowest BCUT2D eigenvalue weighted by atomic mass is 9.74. The molecule has 17 heavy (non-hydrogen) atoms. The lowest BCUT2D eigenvalue weighted by Crippen LogP contribution is -2.59. The molecule has 2 heteroatoms. The monoisotopic (exact) mass is 240 g/mol. The van der Waals surface area contributed by atoms with Crippen LogP contribution in [-0.2, 0) is 0 Å². The molecule has 0 saturated heterocycles. The molecule has 0 aromatic rings. The average Bonchev–Trinajstić information content (AvgIpc) is 2.27. The molecule has 2 N–H and O–H groups in total. The van der Waals surface area contributed by atoms with E-state index in [-0.39, 0.29) is 5.54 Å². The van der Waals surface area contributed by atoms with Gasteiger partial charge in [0.1, 0.15) is 0 Å². The summed E-state index contributed by atoms with van der Waals surface area (Å²) in [6.45, 7) is 12.5. The fraction of sp³-hybridized carbons (Fsp3) is 1.00. The molecule has 0 aromatic carbocycles. The van der Waals surface area contributed by atoms with Crippen LogP contribution in [0.15, 0.2) is 0 Å². The minimum absolute atomic E-state index is 0.249. The van der Waals surface area contributed by atoms with Gasteiger partial charge in [0, 0.05) is 18.1 Å². The van der Waals surface area contributed by atoms with Crippen molar-refractivity contribution in [3.63, 3.8) is 0 Å². The Morgan fingerprint density at radius 2 is 1.76 bits per heavy atom. The molecule has 1 fully saturated rings. The summed E-state index contributed by atoms with van der Waals surface area (Å²) in [5.41, 5.74) is 6.69. The summed E-state index contributed by atoms with van der Waals surface area (Å²) in [6.07, 6.45) is 5.19. The van der Waals surface area contributed by atoms with Gasteiger partial charge in [-0.2, -0.15) is 0 Å². The van der Waals surface area contributed by atoms with E-state index in [9.17, 15) is 0 Å². The maximum atomic E-state index is 6.12.